The number of carbonyl (C=O) groups excluding carboxylic acids is 1. The van der Waals surface area contributed by atoms with Gasteiger partial charge in [0, 0.05) is 19.0 Å². The van der Waals surface area contributed by atoms with Gasteiger partial charge in [0.15, 0.2) is 0 Å². The molecule has 18 heavy (non-hydrogen) atoms. The van der Waals surface area contributed by atoms with E-state index in [1.165, 1.54) is 0 Å². The second-order valence-corrected chi connectivity index (χ2v) is 4.81. The van der Waals surface area contributed by atoms with Crippen LogP contribution in [0.1, 0.15) is 18.4 Å². The van der Waals surface area contributed by atoms with Gasteiger partial charge in [-0.05, 0) is 24.6 Å². The van der Waals surface area contributed by atoms with Gasteiger partial charge < -0.3 is 15.8 Å². The lowest BCUT2D eigenvalue weighted by atomic mass is 9.89. The summed E-state index contributed by atoms with van der Waals surface area (Å²) in [6.45, 7) is 3.62. The first-order chi connectivity index (χ1) is 8.63. The van der Waals surface area contributed by atoms with Crippen LogP contribution in [0, 0.1) is 5.92 Å². The van der Waals surface area contributed by atoms with Crippen molar-refractivity contribution in [3.8, 4) is 0 Å². The number of halogens is 1. The van der Waals surface area contributed by atoms with Crippen molar-refractivity contribution in [3.05, 3.63) is 28.8 Å². The average molecular weight is 269 g/mol. The van der Waals surface area contributed by atoms with Crippen LogP contribution in [-0.2, 0) is 9.53 Å². The fourth-order valence-corrected chi connectivity index (χ4v) is 2.44. The normalized spacial score (nSPS) is 23.0. The number of ether oxygens (including phenoxy) is 1. The van der Waals surface area contributed by atoms with Gasteiger partial charge in [-0.2, -0.15) is 0 Å². The van der Waals surface area contributed by atoms with Crippen molar-refractivity contribution in [2.75, 3.05) is 25.4 Å². The molecule has 0 amide bonds. The predicted octanol–water partition coefficient (Wildman–Crippen LogP) is 1.79. The van der Waals surface area contributed by atoms with Crippen LogP contribution in [0.25, 0.3) is 0 Å². The van der Waals surface area contributed by atoms with Crippen molar-refractivity contribution in [1.29, 1.82) is 0 Å². The van der Waals surface area contributed by atoms with Gasteiger partial charge in [0.05, 0.1) is 23.2 Å². The van der Waals surface area contributed by atoms with E-state index in [0.29, 0.717) is 23.9 Å². The standard InChI is InChI=1S/C13H17ClN2O2/c1-2-18-13(17)10-7-16-6-9(10)8-3-4-11(14)12(15)5-8/h3-5,9-10,16H,2,6-7,15H2,1H3. The highest BCUT2D eigenvalue weighted by molar-refractivity contribution is 6.33. The minimum atomic E-state index is -0.152. The van der Waals surface area contributed by atoms with Crippen molar-refractivity contribution >= 4 is 23.3 Å². The molecule has 1 fully saturated rings. The van der Waals surface area contributed by atoms with E-state index >= 15 is 0 Å². The molecular formula is C13H17ClN2O2. The van der Waals surface area contributed by atoms with Crippen molar-refractivity contribution in [1.82, 2.24) is 5.32 Å². The Labute approximate surface area is 111 Å². The summed E-state index contributed by atoms with van der Waals surface area (Å²) in [6, 6.07) is 5.53. The fraction of sp³-hybridized carbons (Fsp3) is 0.462. The molecule has 1 aromatic carbocycles. The largest absolute Gasteiger partial charge is 0.466 e. The Bertz CT molecular complexity index is 451. The van der Waals surface area contributed by atoms with Crippen LogP contribution in [0.15, 0.2) is 18.2 Å². The highest BCUT2D eigenvalue weighted by atomic mass is 35.5. The lowest BCUT2D eigenvalue weighted by molar-refractivity contribution is -0.147. The topological polar surface area (TPSA) is 64.3 Å². The van der Waals surface area contributed by atoms with Gasteiger partial charge in [-0.25, -0.2) is 0 Å². The van der Waals surface area contributed by atoms with Crippen LogP contribution in [0.3, 0.4) is 0 Å². The smallest absolute Gasteiger partial charge is 0.310 e. The summed E-state index contributed by atoms with van der Waals surface area (Å²) in [4.78, 5) is 11.9. The molecule has 2 rings (SSSR count). The van der Waals surface area contributed by atoms with Gasteiger partial charge in [-0.1, -0.05) is 17.7 Å². The molecule has 2 unspecified atom stereocenters. The molecule has 1 saturated heterocycles. The second kappa shape index (κ2) is 5.59. The molecule has 4 nitrogen and oxygen atoms in total. The Morgan fingerprint density at radius 2 is 2.33 bits per heavy atom. The van der Waals surface area contributed by atoms with E-state index in [9.17, 15) is 4.79 Å². The van der Waals surface area contributed by atoms with Crippen LogP contribution in [0.2, 0.25) is 5.02 Å². The minimum absolute atomic E-state index is 0.101. The number of benzene rings is 1. The number of hydrogen-bond donors (Lipinski definition) is 2. The van der Waals surface area contributed by atoms with Crippen molar-refractivity contribution < 1.29 is 9.53 Å². The zero-order valence-electron chi connectivity index (χ0n) is 10.3. The van der Waals surface area contributed by atoms with Crippen LogP contribution >= 0.6 is 11.6 Å². The molecule has 1 aromatic rings. The summed E-state index contributed by atoms with van der Waals surface area (Å²) >= 11 is 5.90. The first-order valence-electron chi connectivity index (χ1n) is 6.05. The Kier molecular flexibility index (Phi) is 4.09. The number of nitrogens with one attached hydrogen (secondary N) is 1. The molecule has 3 N–H and O–H groups in total. The summed E-state index contributed by atoms with van der Waals surface area (Å²) in [6.07, 6.45) is 0. The predicted molar refractivity (Wildman–Crippen MR) is 71.6 cm³/mol. The van der Waals surface area contributed by atoms with E-state index in [1.54, 1.807) is 6.07 Å². The summed E-state index contributed by atoms with van der Waals surface area (Å²) in [5, 5.41) is 3.76. The minimum Gasteiger partial charge on any atom is -0.466 e. The Balaban J connectivity index is 2.20. The molecule has 0 aliphatic carbocycles. The van der Waals surface area contributed by atoms with Gasteiger partial charge in [0.2, 0.25) is 0 Å². The number of hydrogen-bond acceptors (Lipinski definition) is 4. The van der Waals surface area contributed by atoms with Crippen LogP contribution in [-0.4, -0.2) is 25.7 Å². The maximum Gasteiger partial charge on any atom is 0.310 e. The zero-order valence-corrected chi connectivity index (χ0v) is 11.0. The summed E-state index contributed by atoms with van der Waals surface area (Å²) in [7, 11) is 0. The summed E-state index contributed by atoms with van der Waals surface area (Å²) in [5.41, 5.74) is 7.37. The highest BCUT2D eigenvalue weighted by Gasteiger charge is 2.35. The maximum absolute atomic E-state index is 11.9. The number of nitrogen functional groups attached to an aromatic ring is 1. The molecule has 0 radical (unpaired) electrons. The number of rotatable bonds is 3. The molecule has 1 aliphatic heterocycles. The van der Waals surface area contributed by atoms with Gasteiger partial charge in [-0.3, -0.25) is 4.79 Å². The number of carbonyl (C=O) groups is 1. The van der Waals surface area contributed by atoms with Crippen LogP contribution < -0.4 is 11.1 Å². The second-order valence-electron chi connectivity index (χ2n) is 4.40. The van der Waals surface area contributed by atoms with Crippen molar-refractivity contribution in [3.63, 3.8) is 0 Å². The molecule has 0 saturated carbocycles. The third-order valence-electron chi connectivity index (χ3n) is 3.25. The third kappa shape index (κ3) is 2.60. The Morgan fingerprint density at radius 3 is 3.00 bits per heavy atom. The first-order valence-corrected chi connectivity index (χ1v) is 6.43. The van der Waals surface area contributed by atoms with Gasteiger partial charge in [0.25, 0.3) is 0 Å². The first kappa shape index (κ1) is 13.2. The molecule has 0 spiro atoms. The van der Waals surface area contributed by atoms with E-state index in [-0.39, 0.29) is 17.8 Å². The average Bonchev–Trinajstić information content (AvgIpc) is 2.82. The van der Waals surface area contributed by atoms with Gasteiger partial charge in [0.1, 0.15) is 0 Å². The molecule has 2 atom stereocenters. The van der Waals surface area contributed by atoms with Crippen molar-refractivity contribution in [2.45, 2.75) is 12.8 Å². The van der Waals surface area contributed by atoms with E-state index in [0.717, 1.165) is 12.1 Å². The van der Waals surface area contributed by atoms with Crippen LogP contribution in [0.4, 0.5) is 5.69 Å². The number of anilines is 1. The zero-order chi connectivity index (χ0) is 13.1. The quantitative estimate of drug-likeness (QED) is 0.648. The van der Waals surface area contributed by atoms with E-state index in [2.05, 4.69) is 5.32 Å². The van der Waals surface area contributed by atoms with Gasteiger partial charge >= 0.3 is 5.97 Å². The van der Waals surface area contributed by atoms with E-state index < -0.39 is 0 Å². The Morgan fingerprint density at radius 1 is 1.56 bits per heavy atom. The fourth-order valence-electron chi connectivity index (χ4n) is 2.32. The molecule has 5 heteroatoms. The molecular weight excluding hydrogens is 252 g/mol. The molecule has 1 aliphatic rings. The lowest BCUT2D eigenvalue weighted by Gasteiger charge is -2.18. The number of esters is 1. The van der Waals surface area contributed by atoms with E-state index in [4.69, 9.17) is 22.1 Å². The molecule has 0 bridgehead atoms. The van der Waals surface area contributed by atoms with Gasteiger partial charge in [-0.15, -0.1) is 0 Å². The van der Waals surface area contributed by atoms with Crippen LogP contribution in [0.5, 0.6) is 0 Å². The SMILES string of the molecule is CCOC(=O)C1CNCC1c1ccc(Cl)c(N)c1. The monoisotopic (exact) mass is 268 g/mol. The molecule has 0 aromatic heterocycles. The summed E-state index contributed by atoms with van der Waals surface area (Å²) in [5.74, 6) is -0.199. The third-order valence-corrected chi connectivity index (χ3v) is 3.60. The summed E-state index contributed by atoms with van der Waals surface area (Å²) < 4.78 is 5.10. The van der Waals surface area contributed by atoms with E-state index in [1.807, 2.05) is 19.1 Å². The maximum atomic E-state index is 11.9. The lowest BCUT2D eigenvalue weighted by Crippen LogP contribution is -2.24. The molecule has 98 valence electrons. The van der Waals surface area contributed by atoms with Crippen molar-refractivity contribution in [2.24, 2.45) is 5.92 Å². The highest BCUT2D eigenvalue weighted by Crippen LogP contribution is 2.32. The molecule has 1 heterocycles. The Hall–Kier alpha value is -1.26. The number of nitrogens with two attached hydrogens (primary N) is 1.